The quantitative estimate of drug-likeness (QED) is 0.288. The van der Waals surface area contributed by atoms with Crippen LogP contribution in [-0.4, -0.2) is 87.6 Å². The van der Waals surface area contributed by atoms with Crippen LogP contribution in [0.3, 0.4) is 0 Å². The van der Waals surface area contributed by atoms with Crippen molar-refractivity contribution in [3.63, 3.8) is 0 Å². The second kappa shape index (κ2) is 69.9. The summed E-state index contributed by atoms with van der Waals surface area (Å²) in [5.74, 6) is 0. The topological polar surface area (TPSA) is 85.5 Å². The van der Waals surface area contributed by atoms with Crippen LogP contribution in [0.4, 0.5) is 0 Å². The minimum absolute atomic E-state index is 0. The van der Waals surface area contributed by atoms with Crippen molar-refractivity contribution < 1.29 is 16.4 Å². The Morgan fingerprint density at radius 1 is 0.429 bits per heavy atom. The van der Waals surface area contributed by atoms with Crippen LogP contribution in [0.2, 0.25) is 0 Å². The van der Waals surface area contributed by atoms with Crippen molar-refractivity contribution in [3.05, 3.63) is 0 Å². The van der Waals surface area contributed by atoms with E-state index in [2.05, 4.69) is 0 Å². The third-order valence-electron chi connectivity index (χ3n) is 0. The Kier molecular flexibility index (Phi) is 993. The maximum atomic E-state index is 0. The molecule has 0 aliphatic rings. The van der Waals surface area contributed by atoms with Gasteiger partial charge in [-0.15, -0.1) is 0 Å². The van der Waals surface area contributed by atoms with E-state index in [1.54, 1.807) is 0 Å². The predicted molar refractivity (Wildman–Crippen MR) is 25.1 cm³/mol. The summed E-state index contributed by atoms with van der Waals surface area (Å²) in [5, 5.41) is 0. The van der Waals surface area contributed by atoms with Gasteiger partial charge in [-0.3, -0.25) is 0 Å². The van der Waals surface area contributed by atoms with Crippen LogP contribution in [0.25, 0.3) is 0 Å². The van der Waals surface area contributed by atoms with E-state index in [4.69, 9.17) is 0 Å². The molecule has 36 valence electrons. The van der Waals surface area contributed by atoms with Gasteiger partial charge in [0.2, 0.25) is 0 Å². The van der Waals surface area contributed by atoms with Gasteiger partial charge < -0.3 is 16.4 Å². The third-order valence-corrected chi connectivity index (χ3v) is 0. The van der Waals surface area contributed by atoms with Crippen molar-refractivity contribution >= 4 is 87.6 Å². The van der Waals surface area contributed by atoms with Crippen LogP contribution in [0.15, 0.2) is 0 Å². The Morgan fingerprint density at radius 2 is 0.429 bits per heavy atom. The minimum atomic E-state index is 0. The summed E-state index contributed by atoms with van der Waals surface area (Å²) in [6.45, 7) is 0. The van der Waals surface area contributed by atoms with Crippen molar-refractivity contribution in [3.8, 4) is 0 Å². The van der Waals surface area contributed by atoms with Gasteiger partial charge in [0.25, 0.3) is 0 Å². The largest absolute Gasteiger partial charge is 3.00 e. The van der Waals surface area contributed by atoms with Gasteiger partial charge in [-0.1, -0.05) is 0 Å². The van der Waals surface area contributed by atoms with Crippen molar-refractivity contribution in [1.82, 2.24) is 0 Å². The molecule has 0 aliphatic heterocycles. The van der Waals surface area contributed by atoms with E-state index in [0.29, 0.717) is 0 Å². The second-order valence-corrected chi connectivity index (χ2v) is 0. The molecule has 0 saturated carbocycles. The smallest absolute Gasteiger partial charge is 2.00 e. The maximum absolute atomic E-state index is 0. The zero-order chi connectivity index (χ0) is 0. The molecule has 0 aromatic rings. The van der Waals surface area contributed by atoms with E-state index in [1.807, 2.05) is 0 Å². The van der Waals surface area contributed by atoms with Crippen molar-refractivity contribution in [2.75, 3.05) is 0 Å². The fourth-order valence-corrected chi connectivity index (χ4v) is 0. The summed E-state index contributed by atoms with van der Waals surface area (Å²) < 4.78 is 0. The van der Waals surface area contributed by atoms with Gasteiger partial charge in [0.1, 0.15) is 0 Å². The number of rotatable bonds is 0. The zero-order valence-electron chi connectivity index (χ0n) is 3.12. The number of hydrogen-bond acceptors (Lipinski definition) is 0. The van der Waals surface area contributed by atoms with Crippen LogP contribution in [0.5, 0.6) is 0 Å². The van der Waals surface area contributed by atoms with Gasteiger partial charge in [0.05, 0.1) is 0 Å². The Labute approximate surface area is 103 Å². The summed E-state index contributed by atoms with van der Waals surface area (Å²) in [4.78, 5) is 0. The van der Waals surface area contributed by atoms with Crippen molar-refractivity contribution in [2.24, 2.45) is 0 Å². The van der Waals surface area contributed by atoms with Gasteiger partial charge in [0, 0.05) is 35.2 Å². The van der Waals surface area contributed by atoms with E-state index >= 15 is 0 Å². The van der Waals surface area contributed by atoms with Crippen LogP contribution < -0.4 is 0 Å². The Morgan fingerprint density at radius 3 is 0.429 bits per heavy atom. The zero-order valence-corrected chi connectivity index (χ0v) is 14.3. The van der Waals surface area contributed by atoms with Crippen LogP contribution >= 0.6 is 0 Å². The molecule has 12 radical (unpaired) electrons. The molecule has 3 nitrogen and oxygen atoms in total. The molecule has 0 aliphatic carbocycles. The third kappa shape index (κ3) is 53.0. The fraction of sp³-hybridized carbons (Fsp3) is 0. The molecule has 7 heteroatoms. The van der Waals surface area contributed by atoms with Gasteiger partial charge in [0.15, 0.2) is 0 Å². The molecule has 0 heterocycles. The normalized spacial score (nSPS) is 0. The minimum Gasteiger partial charge on any atom is -2.00 e. The molecule has 0 amide bonds. The molecule has 0 fully saturated rings. The van der Waals surface area contributed by atoms with Gasteiger partial charge in [-0.2, -0.15) is 0 Å². The van der Waals surface area contributed by atoms with E-state index in [9.17, 15) is 0 Å². The molecule has 7 heavy (non-hydrogen) atoms. The molecular weight excluding hydrogens is 611 g/mol. The molecule has 0 bridgehead atoms. The molecule has 0 aromatic carbocycles. The first-order chi connectivity index (χ1) is 0. The predicted octanol–water partition coefficient (Wildman–Crippen LogP) is -1.88. The molecular formula is Bi2Ge2O3. The SMILES string of the molecule is [Bi+3].[Bi+3].[Ge].[Ge].[O-2].[O-2].[O-2]. The van der Waals surface area contributed by atoms with Crippen molar-refractivity contribution in [1.29, 1.82) is 0 Å². The van der Waals surface area contributed by atoms with Gasteiger partial charge in [-0.05, 0) is 0 Å². The Bertz CT molecular complexity index is 10.9. The summed E-state index contributed by atoms with van der Waals surface area (Å²) in [7, 11) is 0. The molecule has 0 rings (SSSR count). The Hall–Kier alpha value is 2.73. The standard InChI is InChI=1S/2Bi.2Ge.3O/q2*+3;;;3*-2. The first-order valence-electron chi connectivity index (χ1n) is 0. The van der Waals surface area contributed by atoms with Crippen molar-refractivity contribution in [2.45, 2.75) is 0 Å². The first kappa shape index (κ1) is 99.4. The van der Waals surface area contributed by atoms with Crippen LogP contribution in [0, 0.1) is 0 Å². The van der Waals surface area contributed by atoms with E-state index < -0.39 is 0 Å². The molecule has 0 aromatic heterocycles. The van der Waals surface area contributed by atoms with E-state index in [1.165, 1.54) is 0 Å². The summed E-state index contributed by atoms with van der Waals surface area (Å²) in [5.41, 5.74) is 0. The molecule has 0 unspecified atom stereocenters. The summed E-state index contributed by atoms with van der Waals surface area (Å²) >= 11 is 0. The van der Waals surface area contributed by atoms with Gasteiger partial charge in [-0.25, -0.2) is 0 Å². The summed E-state index contributed by atoms with van der Waals surface area (Å²) in [6.07, 6.45) is 0. The molecule has 0 atom stereocenters. The van der Waals surface area contributed by atoms with Crippen LogP contribution in [-0.2, 0) is 16.4 Å². The fourth-order valence-electron chi connectivity index (χ4n) is 0. The monoisotopic (exact) mass is 614 g/mol. The maximum Gasteiger partial charge on any atom is 3.00 e. The average molecular weight is 611 g/mol. The molecule has 0 N–H and O–H groups in total. The van der Waals surface area contributed by atoms with Gasteiger partial charge >= 0.3 is 52.4 Å². The first-order valence-corrected chi connectivity index (χ1v) is 0. The molecule has 0 saturated heterocycles. The number of hydrogen-bond donors (Lipinski definition) is 0. The average Bonchev–Trinajstić information content (AvgIpc) is 0. The molecule has 0 spiro atoms. The van der Waals surface area contributed by atoms with E-state index in [-0.39, 0.29) is 104 Å². The van der Waals surface area contributed by atoms with Crippen LogP contribution in [0.1, 0.15) is 0 Å². The second-order valence-electron chi connectivity index (χ2n) is 0. The van der Waals surface area contributed by atoms with E-state index in [0.717, 1.165) is 0 Å². The summed E-state index contributed by atoms with van der Waals surface area (Å²) in [6, 6.07) is 0. The Balaban J connectivity index is 0.